The van der Waals surface area contributed by atoms with Gasteiger partial charge in [-0.3, -0.25) is 0 Å². The van der Waals surface area contributed by atoms with Crippen LogP contribution in [0, 0.1) is 0 Å². The van der Waals surface area contributed by atoms with Crippen molar-refractivity contribution in [3.05, 3.63) is 21.9 Å². The van der Waals surface area contributed by atoms with Gasteiger partial charge >= 0.3 is 5.97 Å². The van der Waals surface area contributed by atoms with Crippen molar-refractivity contribution in [2.24, 2.45) is 0 Å². The summed E-state index contributed by atoms with van der Waals surface area (Å²) in [7, 11) is 0. The zero-order valence-electron chi connectivity index (χ0n) is 13.0. The molecule has 1 rings (SSSR count). The van der Waals surface area contributed by atoms with E-state index < -0.39 is 0 Å². The van der Waals surface area contributed by atoms with Crippen molar-refractivity contribution in [1.29, 1.82) is 0 Å². The summed E-state index contributed by atoms with van der Waals surface area (Å²) in [6, 6.07) is 3.98. The lowest BCUT2D eigenvalue weighted by molar-refractivity contribution is 0.0503. The van der Waals surface area contributed by atoms with Gasteiger partial charge in [0, 0.05) is 4.88 Å². The molecule has 2 nitrogen and oxygen atoms in total. The molecule has 114 valence electrons. The van der Waals surface area contributed by atoms with Gasteiger partial charge in [0.05, 0.1) is 6.61 Å². The molecule has 0 saturated carbocycles. The fourth-order valence-electron chi connectivity index (χ4n) is 2.11. The largest absolute Gasteiger partial charge is 0.462 e. The Hall–Kier alpha value is -0.830. The van der Waals surface area contributed by atoms with Crippen molar-refractivity contribution in [3.8, 4) is 0 Å². The van der Waals surface area contributed by atoms with Crippen LogP contribution in [-0.4, -0.2) is 12.6 Å². The highest BCUT2D eigenvalue weighted by atomic mass is 32.1. The van der Waals surface area contributed by atoms with Crippen molar-refractivity contribution in [1.82, 2.24) is 0 Å². The zero-order chi connectivity index (χ0) is 14.6. The molecule has 0 saturated heterocycles. The first-order chi connectivity index (χ1) is 9.77. The minimum absolute atomic E-state index is 0.146. The number of thiophene rings is 1. The number of hydrogen-bond acceptors (Lipinski definition) is 3. The van der Waals surface area contributed by atoms with Crippen molar-refractivity contribution in [2.45, 2.75) is 71.6 Å². The van der Waals surface area contributed by atoms with Crippen LogP contribution in [0.1, 0.15) is 79.8 Å². The van der Waals surface area contributed by atoms with Crippen LogP contribution in [-0.2, 0) is 11.2 Å². The summed E-state index contributed by atoms with van der Waals surface area (Å²) < 4.78 is 5.32. The number of unbranched alkanes of at least 4 members (excludes halogenated alkanes) is 6. The second-order valence-corrected chi connectivity index (χ2v) is 6.44. The molecule has 0 aromatic carbocycles. The summed E-state index contributed by atoms with van der Waals surface area (Å²) in [6.07, 6.45) is 10.7. The van der Waals surface area contributed by atoms with Crippen LogP contribution in [0.2, 0.25) is 0 Å². The lowest BCUT2D eigenvalue weighted by Gasteiger charge is -2.03. The summed E-state index contributed by atoms with van der Waals surface area (Å²) in [4.78, 5) is 13.9. The Kier molecular flexibility index (Phi) is 9.38. The Morgan fingerprint density at radius 2 is 1.70 bits per heavy atom. The predicted octanol–water partition coefficient (Wildman–Crippen LogP) is 5.61. The van der Waals surface area contributed by atoms with Crippen molar-refractivity contribution in [3.63, 3.8) is 0 Å². The van der Waals surface area contributed by atoms with Gasteiger partial charge in [0.25, 0.3) is 0 Å². The van der Waals surface area contributed by atoms with E-state index in [1.54, 1.807) is 11.3 Å². The molecule has 0 N–H and O–H groups in total. The SMILES string of the molecule is CCCCCCCOC(=O)c1ccc(CCCCC)s1. The molecule has 1 aromatic heterocycles. The third-order valence-corrected chi connectivity index (χ3v) is 4.50. The number of carbonyl (C=O) groups is 1. The molecule has 0 bridgehead atoms. The summed E-state index contributed by atoms with van der Waals surface area (Å²) in [6.45, 7) is 4.97. The van der Waals surface area contributed by atoms with Crippen molar-refractivity contribution < 1.29 is 9.53 Å². The number of ether oxygens (including phenoxy) is 1. The van der Waals surface area contributed by atoms with E-state index in [4.69, 9.17) is 4.74 Å². The average molecular weight is 296 g/mol. The number of carbonyl (C=O) groups excluding carboxylic acids is 1. The van der Waals surface area contributed by atoms with Crippen LogP contribution < -0.4 is 0 Å². The Labute approximate surface area is 127 Å². The molecule has 0 aliphatic rings. The smallest absolute Gasteiger partial charge is 0.348 e. The number of esters is 1. The highest BCUT2D eigenvalue weighted by Gasteiger charge is 2.10. The maximum Gasteiger partial charge on any atom is 0.348 e. The van der Waals surface area contributed by atoms with E-state index in [1.165, 1.54) is 43.4 Å². The van der Waals surface area contributed by atoms with Crippen LogP contribution in [0.25, 0.3) is 0 Å². The second kappa shape index (κ2) is 10.9. The maximum absolute atomic E-state index is 11.9. The summed E-state index contributed by atoms with van der Waals surface area (Å²) >= 11 is 1.59. The molecule has 1 aromatic rings. The van der Waals surface area contributed by atoms with Crippen LogP contribution in [0.4, 0.5) is 0 Å². The van der Waals surface area contributed by atoms with E-state index >= 15 is 0 Å². The number of rotatable bonds is 11. The first kappa shape index (κ1) is 17.2. The topological polar surface area (TPSA) is 26.3 Å². The summed E-state index contributed by atoms with van der Waals surface area (Å²) in [5, 5.41) is 0. The van der Waals surface area contributed by atoms with Crippen LogP contribution in [0.15, 0.2) is 12.1 Å². The highest BCUT2D eigenvalue weighted by Crippen LogP contribution is 2.20. The van der Waals surface area contributed by atoms with Gasteiger partial charge in [0.15, 0.2) is 0 Å². The van der Waals surface area contributed by atoms with Crippen molar-refractivity contribution >= 4 is 17.3 Å². The monoisotopic (exact) mass is 296 g/mol. The molecular weight excluding hydrogens is 268 g/mol. The highest BCUT2D eigenvalue weighted by molar-refractivity contribution is 7.13. The molecule has 0 unspecified atom stereocenters. The molecule has 0 aliphatic heterocycles. The van der Waals surface area contributed by atoms with Gasteiger partial charge in [-0.1, -0.05) is 52.4 Å². The van der Waals surface area contributed by atoms with Crippen molar-refractivity contribution in [2.75, 3.05) is 6.61 Å². The van der Waals surface area contributed by atoms with Gasteiger partial charge in [0.2, 0.25) is 0 Å². The van der Waals surface area contributed by atoms with Gasteiger partial charge < -0.3 is 4.74 Å². The summed E-state index contributed by atoms with van der Waals surface area (Å²) in [5.41, 5.74) is 0. The van der Waals surface area contributed by atoms with Gasteiger partial charge in [-0.15, -0.1) is 11.3 Å². The minimum atomic E-state index is -0.146. The van der Waals surface area contributed by atoms with E-state index in [0.29, 0.717) is 6.61 Å². The molecule has 0 amide bonds. The fourth-order valence-corrected chi connectivity index (χ4v) is 3.06. The first-order valence-corrected chi connectivity index (χ1v) is 8.85. The Morgan fingerprint density at radius 3 is 2.45 bits per heavy atom. The van der Waals surface area contributed by atoms with Crippen LogP contribution in [0.3, 0.4) is 0 Å². The second-order valence-electron chi connectivity index (χ2n) is 5.27. The average Bonchev–Trinajstić information content (AvgIpc) is 2.92. The Morgan fingerprint density at radius 1 is 1.00 bits per heavy atom. The third kappa shape index (κ3) is 7.09. The van der Waals surface area contributed by atoms with E-state index in [9.17, 15) is 4.79 Å². The van der Waals surface area contributed by atoms with E-state index in [2.05, 4.69) is 19.9 Å². The fraction of sp³-hybridized carbons (Fsp3) is 0.706. The predicted molar refractivity (Wildman–Crippen MR) is 86.6 cm³/mol. The summed E-state index contributed by atoms with van der Waals surface area (Å²) in [5.74, 6) is -0.146. The first-order valence-electron chi connectivity index (χ1n) is 8.03. The molecule has 0 spiro atoms. The molecule has 0 fully saturated rings. The van der Waals surface area contributed by atoms with E-state index in [-0.39, 0.29) is 5.97 Å². The Balaban J connectivity index is 2.19. The van der Waals surface area contributed by atoms with Gasteiger partial charge in [-0.05, 0) is 31.4 Å². The van der Waals surface area contributed by atoms with Gasteiger partial charge in [-0.2, -0.15) is 0 Å². The number of aryl methyl sites for hydroxylation is 1. The Bertz CT molecular complexity index is 371. The normalized spacial score (nSPS) is 10.7. The van der Waals surface area contributed by atoms with Gasteiger partial charge in [-0.25, -0.2) is 4.79 Å². The lowest BCUT2D eigenvalue weighted by Crippen LogP contribution is -2.04. The molecule has 1 heterocycles. The molecule has 3 heteroatoms. The van der Waals surface area contributed by atoms with E-state index in [0.717, 1.165) is 24.1 Å². The molecule has 20 heavy (non-hydrogen) atoms. The number of hydrogen-bond donors (Lipinski definition) is 0. The van der Waals surface area contributed by atoms with Crippen LogP contribution >= 0.6 is 11.3 Å². The zero-order valence-corrected chi connectivity index (χ0v) is 13.8. The maximum atomic E-state index is 11.9. The minimum Gasteiger partial charge on any atom is -0.462 e. The van der Waals surface area contributed by atoms with Crippen LogP contribution in [0.5, 0.6) is 0 Å². The van der Waals surface area contributed by atoms with Gasteiger partial charge in [0.1, 0.15) is 4.88 Å². The van der Waals surface area contributed by atoms with E-state index in [1.807, 2.05) is 6.07 Å². The standard InChI is InChI=1S/C17H28O2S/c1-3-5-7-8-10-14-19-17(18)16-13-12-15(20-16)11-9-6-4-2/h12-13H,3-11,14H2,1-2H3. The third-order valence-electron chi connectivity index (χ3n) is 3.37. The molecular formula is C17H28O2S. The molecule has 0 atom stereocenters. The molecule has 0 radical (unpaired) electrons. The lowest BCUT2D eigenvalue weighted by atomic mass is 10.2. The molecule has 0 aliphatic carbocycles. The quantitative estimate of drug-likeness (QED) is 0.392.